The Morgan fingerprint density at radius 1 is 0.667 bits per heavy atom. The predicted octanol–water partition coefficient (Wildman–Crippen LogP) is 4.68. The van der Waals surface area contributed by atoms with Crippen LogP contribution in [0.5, 0.6) is 11.5 Å². The van der Waals surface area contributed by atoms with E-state index in [2.05, 4.69) is 41.5 Å². The number of carbonyl (C=O) groups is 4. The molecule has 6 atom stereocenters. The minimum atomic E-state index is -1.44. The molecule has 0 radical (unpaired) electrons. The number of aromatic hydroxyl groups is 2. The number of carbonyl (C=O) groups excluding carboxylic acids is 4. The summed E-state index contributed by atoms with van der Waals surface area (Å²) in [5, 5.41) is 55.6. The summed E-state index contributed by atoms with van der Waals surface area (Å²) >= 11 is 0. The monoisotopic (exact) mass is 1050 g/mol. The lowest BCUT2D eigenvalue weighted by molar-refractivity contribution is -0.174. The number of aromatic amines is 2. The third-order valence-electron chi connectivity index (χ3n) is 18.8. The van der Waals surface area contributed by atoms with E-state index in [0.29, 0.717) is 81.3 Å². The van der Waals surface area contributed by atoms with Crippen molar-refractivity contribution in [1.29, 1.82) is 0 Å². The van der Waals surface area contributed by atoms with Gasteiger partial charge in [-0.05, 0) is 134 Å². The number of piperidine rings is 2. The van der Waals surface area contributed by atoms with E-state index in [1.165, 1.54) is 6.20 Å². The lowest BCUT2D eigenvalue weighted by Crippen LogP contribution is -2.73. The summed E-state index contributed by atoms with van der Waals surface area (Å²) in [6, 6.07) is 23.3. The van der Waals surface area contributed by atoms with Crippen LogP contribution in [-0.2, 0) is 52.6 Å². The van der Waals surface area contributed by atoms with Crippen LogP contribution < -0.4 is 21.9 Å². The van der Waals surface area contributed by atoms with Crippen molar-refractivity contribution in [3.8, 4) is 33.8 Å². The number of aliphatic hydroxyl groups is 2. The number of nitrogens with zero attached hydrogens (tertiary/aromatic N) is 3. The van der Waals surface area contributed by atoms with Crippen LogP contribution in [0, 0.1) is 0 Å². The highest BCUT2D eigenvalue weighted by Crippen LogP contribution is 2.61. The van der Waals surface area contributed by atoms with Crippen molar-refractivity contribution in [3.63, 3.8) is 0 Å². The zero-order valence-corrected chi connectivity index (χ0v) is 43.5. The van der Waals surface area contributed by atoms with Crippen molar-refractivity contribution in [2.45, 2.75) is 118 Å². The Morgan fingerprint density at radius 3 is 1.87 bits per heavy atom. The van der Waals surface area contributed by atoms with Gasteiger partial charge in [0.2, 0.25) is 5.56 Å². The molecule has 402 valence electrons. The average Bonchev–Trinajstić information content (AvgIpc) is 2.02. The van der Waals surface area contributed by atoms with Crippen LogP contribution in [0.15, 0.2) is 107 Å². The van der Waals surface area contributed by atoms with Crippen molar-refractivity contribution in [2.75, 3.05) is 33.2 Å². The molecule has 8 N–H and O–H groups in total. The minimum absolute atomic E-state index is 0.0157. The highest BCUT2D eigenvalue weighted by molar-refractivity contribution is 5.99. The third kappa shape index (κ3) is 8.32. The van der Waals surface area contributed by atoms with Crippen LogP contribution >= 0.6 is 0 Å². The Hall–Kier alpha value is -7.57. The molecule has 4 heterocycles. The van der Waals surface area contributed by atoms with Crippen molar-refractivity contribution in [2.24, 2.45) is 0 Å². The van der Waals surface area contributed by atoms with E-state index < -0.39 is 45.6 Å². The Labute approximate surface area is 449 Å². The number of likely N-dealkylation sites (N-methyl/N-ethyl adjacent to an activating group) is 1. The number of hydrogen-bond acceptors (Lipinski definition) is 13. The van der Waals surface area contributed by atoms with E-state index in [9.17, 15) is 49.2 Å². The van der Waals surface area contributed by atoms with Crippen LogP contribution in [-0.4, -0.2) is 125 Å². The first-order valence-corrected chi connectivity index (χ1v) is 27.2. The van der Waals surface area contributed by atoms with Gasteiger partial charge in [0.1, 0.15) is 23.1 Å². The average molecular weight is 1050 g/mol. The van der Waals surface area contributed by atoms with E-state index in [4.69, 9.17) is 0 Å². The van der Waals surface area contributed by atoms with Gasteiger partial charge in [0.15, 0.2) is 0 Å². The molecule has 2 aromatic heterocycles. The topological polar surface area (TPSA) is 258 Å². The molecule has 78 heavy (non-hydrogen) atoms. The zero-order valence-electron chi connectivity index (χ0n) is 43.5. The second-order valence-corrected chi connectivity index (χ2v) is 22.8. The summed E-state index contributed by atoms with van der Waals surface area (Å²) in [5.74, 6) is -1.31. The van der Waals surface area contributed by atoms with Gasteiger partial charge in [-0.15, -0.1) is 0 Å². The first-order valence-electron chi connectivity index (χ1n) is 27.2. The van der Waals surface area contributed by atoms with Gasteiger partial charge in [0.05, 0.1) is 22.3 Å². The van der Waals surface area contributed by atoms with E-state index >= 15 is 0 Å². The number of Topliss-reactive ketones (excluding diaryl/α,β-unsaturated/α-hetero) is 2. The molecule has 6 aliphatic rings. The Bertz CT molecular complexity index is 3560. The predicted molar refractivity (Wildman–Crippen MR) is 289 cm³/mol. The Kier molecular flexibility index (Phi) is 12.7. The molecule has 6 unspecified atom stereocenters. The van der Waals surface area contributed by atoms with Crippen LogP contribution in [0.2, 0.25) is 0 Å². The Morgan fingerprint density at radius 2 is 1.26 bits per heavy atom. The van der Waals surface area contributed by atoms with E-state index in [1.54, 1.807) is 30.6 Å². The quantitative estimate of drug-likeness (QED) is 0.0830. The van der Waals surface area contributed by atoms with E-state index in [-0.39, 0.29) is 91.0 Å². The fraction of sp³-hybridized carbons (Fsp3) is 0.393. The smallest absolute Gasteiger partial charge is 0.344 e. The highest BCUT2D eigenvalue weighted by atomic mass is 16.3. The van der Waals surface area contributed by atoms with Crippen molar-refractivity contribution in [3.05, 3.63) is 168 Å². The molecule has 4 aromatic carbocycles. The van der Waals surface area contributed by atoms with Crippen LogP contribution in [0.4, 0.5) is 0 Å². The van der Waals surface area contributed by atoms with Crippen LogP contribution in [0.1, 0.15) is 111 Å². The number of fused-ring (bicyclic) bond motifs is 2. The highest BCUT2D eigenvalue weighted by Gasteiger charge is 2.67. The number of rotatable bonds is 12. The van der Waals surface area contributed by atoms with Gasteiger partial charge in [0, 0.05) is 110 Å². The fourth-order valence-electron chi connectivity index (χ4n) is 14.9. The van der Waals surface area contributed by atoms with Gasteiger partial charge in [-0.1, -0.05) is 54.6 Å². The summed E-state index contributed by atoms with van der Waals surface area (Å²) < 4.78 is 0. The van der Waals surface area contributed by atoms with Crippen molar-refractivity contribution in [1.82, 2.24) is 35.4 Å². The summed E-state index contributed by atoms with van der Waals surface area (Å²) in [7, 11) is 1.99. The molecule has 2 saturated heterocycles. The van der Waals surface area contributed by atoms with Gasteiger partial charge < -0.3 is 45.9 Å². The largest absolute Gasteiger partial charge is 0.507 e. The number of benzene rings is 4. The first-order chi connectivity index (χ1) is 37.5. The maximum Gasteiger partial charge on any atom is 0.344 e. The molecule has 17 heteroatoms. The van der Waals surface area contributed by atoms with E-state index in [0.717, 1.165) is 44.5 Å². The lowest BCUT2D eigenvalue weighted by atomic mass is 9.49. The number of nitrogens with one attached hydrogen (secondary N) is 4. The molecule has 6 aromatic rings. The molecule has 4 fully saturated rings. The Balaban J connectivity index is 0.777. The number of pyridine rings is 1. The number of aromatic nitrogens is 3. The van der Waals surface area contributed by atoms with E-state index in [1.807, 2.05) is 61.6 Å². The van der Waals surface area contributed by atoms with Gasteiger partial charge in [-0.2, -0.15) is 0 Å². The van der Waals surface area contributed by atoms with Gasteiger partial charge in [-0.25, -0.2) is 9.78 Å². The molecule has 2 saturated carbocycles. The SMILES string of the molecule is CN1CCC23CC(=O)CCC2(O)C1Cc1ccc(C(=O)NCCc2ccc(-c4cc[nH]c(=O)c4)c(CN4CCC56CC(=O)CCC5(O)C4Cc4ccc(C(=O)NCCc5ccc(-c7cnc(=O)[nH]c7)cc5)c(O)c46)c2)c(O)c13. The number of H-pyrrole nitrogens is 2. The second-order valence-electron chi connectivity index (χ2n) is 22.8. The standard InChI is InChI=1S/C61H63N7O10/c1-67-24-19-58-30-43(69)12-17-60(58,77)48(67)27-39-7-10-46(53(72)51(39)58)56(75)64-22-15-36-4-9-45(38-16-23-62-50(71)29-38)41(26-36)34-68-25-20-59-31-44(70)13-18-61(59,78)49(68)28-40-8-11-47(54(73)52(40)59)55(74)63-21-14-35-2-5-37(6-3-35)42-32-65-57(76)66-33-42/h2-11,16,23,26,29,32-33,48-49,72-73,77-78H,12-15,17-22,24-25,27-28,30-31,34H2,1H3,(H,62,71)(H,63,74)(H,64,75)(H,65,66,76). The van der Waals surface area contributed by atoms with Gasteiger partial charge >= 0.3 is 5.69 Å². The summed E-state index contributed by atoms with van der Waals surface area (Å²) in [6.45, 7) is 1.97. The number of phenolic OH excluding ortho intramolecular Hbond substituents is 2. The maximum atomic E-state index is 14.0. The van der Waals surface area contributed by atoms with Crippen LogP contribution in [0.3, 0.4) is 0 Å². The van der Waals surface area contributed by atoms with Gasteiger partial charge in [0.25, 0.3) is 11.8 Å². The number of hydrogen-bond donors (Lipinski definition) is 8. The summed E-state index contributed by atoms with van der Waals surface area (Å²) in [6.07, 6.45) is 8.37. The molecule has 12 rings (SSSR count). The third-order valence-corrected chi connectivity index (χ3v) is 18.8. The zero-order chi connectivity index (χ0) is 54.3. The van der Waals surface area contributed by atoms with Gasteiger partial charge in [-0.3, -0.25) is 28.9 Å². The maximum absolute atomic E-state index is 14.0. The minimum Gasteiger partial charge on any atom is -0.507 e. The molecular weight excluding hydrogens is 991 g/mol. The first kappa shape index (κ1) is 51.2. The van der Waals surface area contributed by atoms with Crippen LogP contribution in [0.25, 0.3) is 22.3 Å². The molecule has 2 amide bonds. The summed E-state index contributed by atoms with van der Waals surface area (Å²) in [4.78, 5) is 92.0. The number of ketones is 2. The van der Waals surface area contributed by atoms with Crippen molar-refractivity contribution < 1.29 is 39.6 Å². The molecule has 17 nitrogen and oxygen atoms in total. The second kappa shape index (κ2) is 19.4. The lowest BCUT2D eigenvalue weighted by Gasteiger charge is -2.63. The fourth-order valence-corrected chi connectivity index (χ4v) is 14.9. The van der Waals surface area contributed by atoms with Crippen molar-refractivity contribution >= 4 is 23.4 Å². The molecular formula is C61H63N7O10. The number of amides is 2. The normalized spacial score (nSPS) is 26.2. The molecule has 2 aliphatic heterocycles. The molecule has 4 aliphatic carbocycles. The summed E-state index contributed by atoms with van der Waals surface area (Å²) in [5.41, 5.74) is 3.20. The number of phenols is 2. The molecule has 0 spiro atoms. The number of likely N-dealkylation sites (tertiary alicyclic amines) is 2. The molecule has 4 bridgehead atoms.